The van der Waals surface area contributed by atoms with E-state index in [4.69, 9.17) is 5.73 Å². The third-order valence-electron chi connectivity index (χ3n) is 3.92. The highest BCUT2D eigenvalue weighted by molar-refractivity contribution is 7.98. The molecule has 3 rings (SSSR count). The maximum atomic E-state index is 6.06. The molecule has 1 fully saturated rings. The van der Waals surface area contributed by atoms with Crippen LogP contribution in [0.4, 0.5) is 5.82 Å². The smallest absolute Gasteiger partial charge is 0.128 e. The van der Waals surface area contributed by atoms with Crippen LogP contribution in [0.2, 0.25) is 0 Å². The van der Waals surface area contributed by atoms with Crippen molar-refractivity contribution >= 4 is 28.5 Å². The number of nitrogens with zero attached hydrogens (tertiary/aromatic N) is 1. The lowest BCUT2D eigenvalue weighted by Crippen LogP contribution is -2.00. The number of pyridine rings is 1. The Labute approximate surface area is 118 Å². The van der Waals surface area contributed by atoms with Gasteiger partial charge in [-0.1, -0.05) is 31.0 Å². The summed E-state index contributed by atoms with van der Waals surface area (Å²) in [5.41, 5.74) is 8.23. The van der Waals surface area contributed by atoms with E-state index in [2.05, 4.69) is 23.2 Å². The van der Waals surface area contributed by atoms with Gasteiger partial charge in [0.15, 0.2) is 0 Å². The summed E-state index contributed by atoms with van der Waals surface area (Å²) < 4.78 is 0. The predicted molar refractivity (Wildman–Crippen MR) is 84.3 cm³/mol. The second kappa shape index (κ2) is 5.83. The van der Waals surface area contributed by atoms with Crippen LogP contribution in [-0.2, 0) is 5.75 Å². The maximum absolute atomic E-state index is 6.06. The Kier molecular flexibility index (Phi) is 3.92. The lowest BCUT2D eigenvalue weighted by molar-refractivity contribution is 0.623. The molecule has 1 aromatic carbocycles. The van der Waals surface area contributed by atoms with Gasteiger partial charge in [0.05, 0.1) is 5.52 Å². The van der Waals surface area contributed by atoms with Crippen molar-refractivity contribution in [2.24, 2.45) is 5.92 Å². The van der Waals surface area contributed by atoms with Gasteiger partial charge < -0.3 is 5.73 Å². The van der Waals surface area contributed by atoms with E-state index in [0.29, 0.717) is 5.82 Å². The van der Waals surface area contributed by atoms with Crippen LogP contribution >= 0.6 is 11.8 Å². The van der Waals surface area contributed by atoms with Crippen LogP contribution in [0.1, 0.15) is 31.2 Å². The molecule has 1 heterocycles. The highest BCUT2D eigenvalue weighted by Crippen LogP contribution is 2.30. The van der Waals surface area contributed by atoms with E-state index in [1.807, 2.05) is 23.9 Å². The van der Waals surface area contributed by atoms with Crippen LogP contribution in [-0.4, -0.2) is 10.7 Å². The summed E-state index contributed by atoms with van der Waals surface area (Å²) in [6.07, 6.45) is 5.67. The Bertz CT molecular complexity index is 562. The summed E-state index contributed by atoms with van der Waals surface area (Å²) in [4.78, 5) is 4.49. The summed E-state index contributed by atoms with van der Waals surface area (Å²) in [7, 11) is 0. The number of aromatic nitrogens is 1. The molecule has 100 valence electrons. The van der Waals surface area contributed by atoms with Crippen molar-refractivity contribution in [3.05, 3.63) is 35.9 Å². The number of para-hydroxylation sites is 1. The molecule has 0 amide bonds. The van der Waals surface area contributed by atoms with E-state index in [-0.39, 0.29) is 0 Å². The SMILES string of the molecule is Nc1nc2ccccc2cc1CSCC1CCCC1. The molecule has 0 atom stereocenters. The number of nitrogen functional groups attached to an aromatic ring is 1. The normalized spacial score (nSPS) is 16.2. The Morgan fingerprint density at radius 1 is 1.21 bits per heavy atom. The molecule has 2 nitrogen and oxygen atoms in total. The van der Waals surface area contributed by atoms with Gasteiger partial charge in [-0.15, -0.1) is 0 Å². The number of benzene rings is 1. The van der Waals surface area contributed by atoms with Gasteiger partial charge in [-0.2, -0.15) is 11.8 Å². The first kappa shape index (κ1) is 12.8. The van der Waals surface area contributed by atoms with E-state index in [1.54, 1.807) is 0 Å². The molecular formula is C16H20N2S. The average Bonchev–Trinajstić information content (AvgIpc) is 2.92. The molecular weight excluding hydrogens is 252 g/mol. The van der Waals surface area contributed by atoms with Crippen molar-refractivity contribution in [2.45, 2.75) is 31.4 Å². The first-order chi connectivity index (χ1) is 9.33. The standard InChI is InChI=1S/C16H20N2S/c17-16-14(11-19-10-12-5-1-2-6-12)9-13-7-3-4-8-15(13)18-16/h3-4,7-9,12H,1-2,5-6,10-11H2,(H2,17,18). The molecule has 0 spiro atoms. The molecule has 3 heteroatoms. The van der Waals surface area contributed by atoms with E-state index >= 15 is 0 Å². The van der Waals surface area contributed by atoms with E-state index < -0.39 is 0 Å². The van der Waals surface area contributed by atoms with Crippen molar-refractivity contribution in [1.82, 2.24) is 4.98 Å². The van der Waals surface area contributed by atoms with Gasteiger partial charge >= 0.3 is 0 Å². The monoisotopic (exact) mass is 272 g/mol. The molecule has 2 N–H and O–H groups in total. The molecule has 0 saturated heterocycles. The number of fused-ring (bicyclic) bond motifs is 1. The zero-order valence-electron chi connectivity index (χ0n) is 11.1. The number of anilines is 1. The quantitative estimate of drug-likeness (QED) is 0.904. The third kappa shape index (κ3) is 3.03. The van der Waals surface area contributed by atoms with Gasteiger partial charge in [-0.05, 0) is 36.6 Å². The Morgan fingerprint density at radius 2 is 2.00 bits per heavy atom. The van der Waals surface area contributed by atoms with Gasteiger partial charge in [-0.3, -0.25) is 0 Å². The first-order valence-corrected chi connectivity index (χ1v) is 8.20. The highest BCUT2D eigenvalue weighted by Gasteiger charge is 2.15. The molecule has 19 heavy (non-hydrogen) atoms. The summed E-state index contributed by atoms with van der Waals surface area (Å²) in [6, 6.07) is 10.4. The lowest BCUT2D eigenvalue weighted by atomic mass is 10.1. The third-order valence-corrected chi connectivity index (χ3v) is 5.14. The molecule has 0 aliphatic heterocycles. The van der Waals surface area contributed by atoms with Gasteiger partial charge in [0.2, 0.25) is 0 Å². The minimum atomic E-state index is 0.692. The number of hydrogen-bond donors (Lipinski definition) is 1. The molecule has 1 aromatic heterocycles. The minimum Gasteiger partial charge on any atom is -0.383 e. The molecule has 1 aliphatic carbocycles. The van der Waals surface area contributed by atoms with Crippen molar-refractivity contribution in [3.8, 4) is 0 Å². The van der Waals surface area contributed by atoms with Gasteiger partial charge in [-0.25, -0.2) is 4.98 Å². The number of thioether (sulfide) groups is 1. The van der Waals surface area contributed by atoms with Crippen LogP contribution in [0.5, 0.6) is 0 Å². The van der Waals surface area contributed by atoms with Crippen LogP contribution < -0.4 is 5.73 Å². The number of hydrogen-bond acceptors (Lipinski definition) is 3. The Morgan fingerprint density at radius 3 is 2.84 bits per heavy atom. The van der Waals surface area contributed by atoms with Crippen LogP contribution in [0.3, 0.4) is 0 Å². The molecule has 0 bridgehead atoms. The zero-order chi connectivity index (χ0) is 13.1. The van der Waals surface area contributed by atoms with Crippen LogP contribution in [0, 0.1) is 5.92 Å². The molecule has 1 aliphatic rings. The fraction of sp³-hybridized carbons (Fsp3) is 0.438. The number of rotatable bonds is 4. The first-order valence-electron chi connectivity index (χ1n) is 7.05. The maximum Gasteiger partial charge on any atom is 0.128 e. The summed E-state index contributed by atoms with van der Waals surface area (Å²) in [6.45, 7) is 0. The van der Waals surface area contributed by atoms with Crippen LogP contribution in [0.25, 0.3) is 10.9 Å². The minimum absolute atomic E-state index is 0.692. The van der Waals surface area contributed by atoms with E-state index in [1.165, 1.54) is 42.4 Å². The molecule has 1 saturated carbocycles. The summed E-state index contributed by atoms with van der Waals surface area (Å²) in [5.74, 6) is 3.88. The van der Waals surface area contributed by atoms with Crippen molar-refractivity contribution in [1.29, 1.82) is 0 Å². The van der Waals surface area contributed by atoms with Crippen molar-refractivity contribution in [2.75, 3.05) is 11.5 Å². The van der Waals surface area contributed by atoms with E-state index in [0.717, 1.165) is 17.2 Å². The van der Waals surface area contributed by atoms with Gasteiger partial charge in [0.1, 0.15) is 5.82 Å². The zero-order valence-corrected chi connectivity index (χ0v) is 12.0. The second-order valence-electron chi connectivity index (χ2n) is 5.39. The lowest BCUT2D eigenvalue weighted by Gasteiger charge is -2.10. The molecule has 0 radical (unpaired) electrons. The fourth-order valence-corrected chi connectivity index (χ4v) is 4.04. The summed E-state index contributed by atoms with van der Waals surface area (Å²) in [5, 5.41) is 1.19. The predicted octanol–water partition coefficient (Wildman–Crippen LogP) is 4.24. The van der Waals surface area contributed by atoms with Gasteiger partial charge in [0.25, 0.3) is 0 Å². The average molecular weight is 272 g/mol. The summed E-state index contributed by atoms with van der Waals surface area (Å²) >= 11 is 2.01. The highest BCUT2D eigenvalue weighted by atomic mass is 32.2. The van der Waals surface area contributed by atoms with E-state index in [9.17, 15) is 0 Å². The number of nitrogens with two attached hydrogens (primary N) is 1. The van der Waals surface area contributed by atoms with Gasteiger partial charge in [0, 0.05) is 16.7 Å². The van der Waals surface area contributed by atoms with Crippen LogP contribution in [0.15, 0.2) is 30.3 Å². The Hall–Kier alpha value is -1.22. The fourth-order valence-electron chi connectivity index (χ4n) is 2.80. The molecule has 2 aromatic rings. The van der Waals surface area contributed by atoms with Crippen molar-refractivity contribution < 1.29 is 0 Å². The largest absolute Gasteiger partial charge is 0.383 e. The molecule has 0 unspecified atom stereocenters. The Balaban J connectivity index is 1.67. The topological polar surface area (TPSA) is 38.9 Å². The van der Waals surface area contributed by atoms with Crippen molar-refractivity contribution in [3.63, 3.8) is 0 Å². The second-order valence-corrected chi connectivity index (χ2v) is 6.42.